The molecule has 0 aliphatic carbocycles. The zero-order valence-corrected chi connectivity index (χ0v) is 12.9. The largest absolute Gasteiger partial charge is 0.481 e. The first kappa shape index (κ1) is 14.5. The third-order valence-corrected chi connectivity index (χ3v) is 3.94. The molecule has 2 heterocycles. The van der Waals surface area contributed by atoms with Crippen molar-refractivity contribution < 1.29 is 4.74 Å². The number of nitrogens with two attached hydrogens (primary N) is 1. The van der Waals surface area contributed by atoms with Crippen molar-refractivity contribution in [3.05, 3.63) is 65.2 Å². The molecule has 1 atom stereocenters. The van der Waals surface area contributed by atoms with Gasteiger partial charge in [-0.15, -0.1) is 11.3 Å². The van der Waals surface area contributed by atoms with Crippen molar-refractivity contribution >= 4 is 22.3 Å². The zero-order valence-electron chi connectivity index (χ0n) is 12.1. The smallest absolute Gasteiger partial charge is 0.214 e. The van der Waals surface area contributed by atoms with Gasteiger partial charge >= 0.3 is 0 Å². The van der Waals surface area contributed by atoms with E-state index in [-0.39, 0.29) is 6.04 Å². The second-order valence-electron chi connectivity index (χ2n) is 4.66. The van der Waals surface area contributed by atoms with Gasteiger partial charge in [0.05, 0.1) is 18.8 Å². The fourth-order valence-electron chi connectivity index (χ4n) is 2.03. The summed E-state index contributed by atoms with van der Waals surface area (Å²) in [5.74, 6) is 1.25. The van der Waals surface area contributed by atoms with Crippen LogP contribution in [0.25, 0.3) is 0 Å². The number of ether oxygens (including phenoxy) is 1. The Hall–Kier alpha value is -2.44. The molecular weight excluding hydrogens is 296 g/mol. The van der Waals surface area contributed by atoms with Gasteiger partial charge in [-0.1, -0.05) is 36.4 Å². The fourth-order valence-corrected chi connectivity index (χ4v) is 2.78. The topological polar surface area (TPSA) is 73.1 Å². The van der Waals surface area contributed by atoms with Crippen molar-refractivity contribution in [1.82, 2.24) is 9.97 Å². The normalized spacial score (nSPS) is 11.9. The molecular formula is C16H16N4OS. The molecule has 1 unspecified atom stereocenters. The van der Waals surface area contributed by atoms with Gasteiger partial charge in [0, 0.05) is 11.4 Å². The second kappa shape index (κ2) is 6.55. The summed E-state index contributed by atoms with van der Waals surface area (Å²) >= 11 is 1.50. The number of benzene rings is 1. The highest BCUT2D eigenvalue weighted by molar-refractivity contribution is 7.13. The summed E-state index contributed by atoms with van der Waals surface area (Å²) in [6, 6.07) is 15.2. The Labute approximate surface area is 132 Å². The average Bonchev–Trinajstić information content (AvgIpc) is 3.03. The van der Waals surface area contributed by atoms with Gasteiger partial charge in [0.1, 0.15) is 5.82 Å². The molecule has 112 valence electrons. The highest BCUT2D eigenvalue weighted by Crippen LogP contribution is 2.26. The summed E-state index contributed by atoms with van der Waals surface area (Å²) in [5.41, 5.74) is 8.12. The maximum atomic E-state index is 6.25. The molecule has 0 aliphatic heterocycles. The number of aromatic nitrogens is 2. The summed E-state index contributed by atoms with van der Waals surface area (Å²) in [5, 5.41) is 5.88. The van der Waals surface area contributed by atoms with E-state index in [1.165, 1.54) is 11.3 Å². The van der Waals surface area contributed by atoms with Crippen LogP contribution in [0.15, 0.2) is 53.9 Å². The molecule has 2 aromatic heterocycles. The van der Waals surface area contributed by atoms with E-state index in [1.54, 1.807) is 13.2 Å². The number of nitrogens with one attached hydrogen (secondary N) is 1. The van der Waals surface area contributed by atoms with Crippen LogP contribution in [0.2, 0.25) is 0 Å². The summed E-state index contributed by atoms with van der Waals surface area (Å²) < 4.78 is 5.11. The SMILES string of the molecule is COc1cccc(Nc2nc(C(N)c3ccccc3)cs2)n1. The van der Waals surface area contributed by atoms with E-state index in [4.69, 9.17) is 10.5 Å². The molecule has 5 nitrogen and oxygen atoms in total. The maximum Gasteiger partial charge on any atom is 0.214 e. The molecule has 0 aliphatic rings. The van der Waals surface area contributed by atoms with Crippen molar-refractivity contribution in [2.45, 2.75) is 6.04 Å². The summed E-state index contributed by atoms with van der Waals surface area (Å²) in [4.78, 5) is 8.84. The second-order valence-corrected chi connectivity index (χ2v) is 5.51. The van der Waals surface area contributed by atoms with Crippen LogP contribution in [-0.2, 0) is 0 Å². The summed E-state index contributed by atoms with van der Waals surface area (Å²) in [6.07, 6.45) is 0. The quantitative estimate of drug-likeness (QED) is 0.756. The van der Waals surface area contributed by atoms with Gasteiger partial charge in [-0.05, 0) is 11.6 Å². The van der Waals surface area contributed by atoms with Crippen molar-refractivity contribution in [1.29, 1.82) is 0 Å². The van der Waals surface area contributed by atoms with Crippen LogP contribution in [0, 0.1) is 0 Å². The first-order valence-corrected chi connectivity index (χ1v) is 7.68. The van der Waals surface area contributed by atoms with Gasteiger partial charge in [0.25, 0.3) is 0 Å². The number of methoxy groups -OCH3 is 1. The van der Waals surface area contributed by atoms with Gasteiger partial charge in [0.2, 0.25) is 5.88 Å². The minimum Gasteiger partial charge on any atom is -0.481 e. The molecule has 1 aromatic carbocycles. The first-order chi connectivity index (χ1) is 10.8. The van der Waals surface area contributed by atoms with Crippen LogP contribution in [-0.4, -0.2) is 17.1 Å². The summed E-state index contributed by atoms with van der Waals surface area (Å²) in [6.45, 7) is 0. The van der Waals surface area contributed by atoms with Gasteiger partial charge < -0.3 is 15.8 Å². The number of rotatable bonds is 5. The minimum atomic E-state index is -0.230. The third kappa shape index (κ3) is 3.24. The molecule has 0 saturated heterocycles. The van der Waals surface area contributed by atoms with E-state index < -0.39 is 0 Å². The number of pyridine rings is 1. The van der Waals surface area contributed by atoms with Crippen LogP contribution >= 0.6 is 11.3 Å². The number of hydrogen-bond acceptors (Lipinski definition) is 6. The van der Waals surface area contributed by atoms with E-state index in [2.05, 4.69) is 15.3 Å². The van der Waals surface area contributed by atoms with Crippen LogP contribution in [0.4, 0.5) is 10.9 Å². The highest BCUT2D eigenvalue weighted by atomic mass is 32.1. The number of anilines is 2. The lowest BCUT2D eigenvalue weighted by Crippen LogP contribution is -2.12. The molecule has 3 aromatic rings. The summed E-state index contributed by atoms with van der Waals surface area (Å²) in [7, 11) is 1.59. The molecule has 0 fully saturated rings. The first-order valence-electron chi connectivity index (χ1n) is 6.80. The van der Waals surface area contributed by atoms with Gasteiger partial charge in [-0.25, -0.2) is 4.98 Å². The van der Waals surface area contributed by atoms with E-state index in [9.17, 15) is 0 Å². The lowest BCUT2D eigenvalue weighted by molar-refractivity contribution is 0.398. The Morgan fingerprint density at radius 3 is 2.68 bits per heavy atom. The van der Waals surface area contributed by atoms with Gasteiger partial charge in [0.15, 0.2) is 5.13 Å². The van der Waals surface area contributed by atoms with E-state index in [0.717, 1.165) is 16.4 Å². The molecule has 3 N–H and O–H groups in total. The lowest BCUT2D eigenvalue weighted by atomic mass is 10.1. The van der Waals surface area contributed by atoms with Crippen LogP contribution in [0.3, 0.4) is 0 Å². The molecule has 0 saturated carbocycles. The number of nitrogens with zero attached hydrogens (tertiary/aromatic N) is 2. The number of thiazole rings is 1. The van der Waals surface area contributed by atoms with E-state index in [1.807, 2.05) is 47.8 Å². The lowest BCUT2D eigenvalue weighted by Gasteiger charge is -2.08. The maximum absolute atomic E-state index is 6.25. The Balaban J connectivity index is 1.76. The van der Waals surface area contributed by atoms with Crippen LogP contribution in [0.1, 0.15) is 17.3 Å². The molecule has 0 amide bonds. The fraction of sp³-hybridized carbons (Fsp3) is 0.125. The third-order valence-electron chi connectivity index (χ3n) is 3.17. The van der Waals surface area contributed by atoms with Gasteiger partial charge in [-0.2, -0.15) is 4.98 Å². The van der Waals surface area contributed by atoms with Crippen molar-refractivity contribution in [3.8, 4) is 5.88 Å². The Kier molecular flexibility index (Phi) is 4.32. The molecule has 0 spiro atoms. The van der Waals surface area contributed by atoms with Crippen LogP contribution < -0.4 is 15.8 Å². The predicted molar refractivity (Wildman–Crippen MR) is 88.7 cm³/mol. The average molecular weight is 312 g/mol. The molecule has 3 rings (SSSR count). The predicted octanol–water partition coefficient (Wildman–Crippen LogP) is 3.34. The van der Waals surface area contributed by atoms with E-state index in [0.29, 0.717) is 11.7 Å². The molecule has 22 heavy (non-hydrogen) atoms. The van der Waals surface area contributed by atoms with Crippen molar-refractivity contribution in [2.24, 2.45) is 5.73 Å². The Morgan fingerprint density at radius 2 is 1.91 bits per heavy atom. The molecule has 0 radical (unpaired) electrons. The monoisotopic (exact) mass is 312 g/mol. The number of hydrogen-bond donors (Lipinski definition) is 2. The van der Waals surface area contributed by atoms with E-state index >= 15 is 0 Å². The van der Waals surface area contributed by atoms with Crippen molar-refractivity contribution in [3.63, 3.8) is 0 Å². The minimum absolute atomic E-state index is 0.230. The zero-order chi connectivity index (χ0) is 15.4. The Morgan fingerprint density at radius 1 is 1.09 bits per heavy atom. The highest BCUT2D eigenvalue weighted by Gasteiger charge is 2.13. The molecule has 0 bridgehead atoms. The Bertz CT molecular complexity index is 745. The molecule has 6 heteroatoms. The van der Waals surface area contributed by atoms with Crippen LogP contribution in [0.5, 0.6) is 5.88 Å². The standard InChI is InChI=1S/C16H16N4OS/c1-21-14-9-5-8-13(19-14)20-16-18-12(10-22-16)15(17)11-6-3-2-4-7-11/h2-10,15H,17H2,1H3,(H,18,19,20). The van der Waals surface area contributed by atoms with Crippen molar-refractivity contribution in [2.75, 3.05) is 12.4 Å². The van der Waals surface area contributed by atoms with Gasteiger partial charge in [-0.3, -0.25) is 0 Å².